The molecule has 0 aromatic rings. The van der Waals surface area contributed by atoms with Crippen molar-refractivity contribution in [2.45, 2.75) is 18.8 Å². The number of carbonyl (C=O) groups is 1. The first-order chi connectivity index (χ1) is 7.00. The molecule has 1 aliphatic rings. The lowest BCUT2D eigenvalue weighted by Crippen LogP contribution is -2.47. The number of rotatable bonds is 3. The average Bonchev–Trinajstić information content (AvgIpc) is 2.28. The van der Waals surface area contributed by atoms with Crippen molar-refractivity contribution in [2.75, 3.05) is 27.4 Å². The van der Waals surface area contributed by atoms with Gasteiger partial charge in [-0.15, -0.1) is 0 Å². The van der Waals surface area contributed by atoms with Crippen LogP contribution in [0.4, 0.5) is 8.78 Å². The molecule has 0 N–H and O–H groups in total. The highest BCUT2D eigenvalue weighted by molar-refractivity contribution is 5.82. The van der Waals surface area contributed by atoms with E-state index in [4.69, 9.17) is 4.74 Å². The third kappa shape index (κ3) is 2.63. The summed E-state index contributed by atoms with van der Waals surface area (Å²) in [6.07, 6.45) is 0.409. The van der Waals surface area contributed by atoms with Crippen LogP contribution in [0, 0.1) is 5.92 Å². The van der Waals surface area contributed by atoms with Crippen molar-refractivity contribution in [1.29, 1.82) is 0 Å². The summed E-state index contributed by atoms with van der Waals surface area (Å²) in [6, 6.07) is 0. The Morgan fingerprint density at radius 2 is 2.00 bits per heavy atom. The van der Waals surface area contributed by atoms with E-state index in [0.717, 1.165) is 0 Å². The summed E-state index contributed by atoms with van der Waals surface area (Å²) in [5.41, 5.74) is 0. The van der Waals surface area contributed by atoms with Crippen LogP contribution in [0.1, 0.15) is 12.8 Å². The number of hydrogen-bond acceptors (Lipinski definition) is 3. The average molecular weight is 223 g/mol. The molecule has 1 amide bonds. The fourth-order valence-electron chi connectivity index (χ4n) is 1.53. The number of nitrogens with zero attached hydrogens (tertiary/aromatic N) is 1. The molecule has 0 saturated carbocycles. The van der Waals surface area contributed by atoms with Gasteiger partial charge in [0.2, 0.25) is 0 Å². The summed E-state index contributed by atoms with van der Waals surface area (Å²) in [7, 11) is 2.35. The second-order valence-electron chi connectivity index (χ2n) is 3.49. The maximum Gasteiger partial charge on any atom is 0.329 e. The molecule has 0 radical (unpaired) electrons. The molecule has 0 spiro atoms. The van der Waals surface area contributed by atoms with E-state index in [1.54, 1.807) is 0 Å². The maximum atomic E-state index is 13.6. The second-order valence-corrected chi connectivity index (χ2v) is 3.49. The molecule has 6 heteroatoms. The van der Waals surface area contributed by atoms with Gasteiger partial charge in [0.1, 0.15) is 0 Å². The van der Waals surface area contributed by atoms with Crippen molar-refractivity contribution in [3.05, 3.63) is 0 Å². The Morgan fingerprint density at radius 3 is 2.47 bits per heavy atom. The van der Waals surface area contributed by atoms with Gasteiger partial charge in [-0.1, -0.05) is 0 Å². The highest BCUT2D eigenvalue weighted by Gasteiger charge is 2.49. The summed E-state index contributed by atoms with van der Waals surface area (Å²) in [5.74, 6) is -5.61. The predicted molar refractivity (Wildman–Crippen MR) is 48.3 cm³/mol. The standard InChI is InChI=1S/C9H15F2NO3/c1-12(14-2)8(13)9(10,11)7-3-5-15-6-4-7/h7H,3-6H2,1-2H3. The van der Waals surface area contributed by atoms with E-state index in [9.17, 15) is 13.6 Å². The molecule has 0 unspecified atom stereocenters. The summed E-state index contributed by atoms with van der Waals surface area (Å²) >= 11 is 0. The van der Waals surface area contributed by atoms with Crippen LogP contribution < -0.4 is 0 Å². The third-order valence-corrected chi connectivity index (χ3v) is 2.58. The van der Waals surface area contributed by atoms with Gasteiger partial charge in [-0.05, 0) is 12.8 Å². The summed E-state index contributed by atoms with van der Waals surface area (Å²) < 4.78 is 32.2. The Morgan fingerprint density at radius 1 is 1.47 bits per heavy atom. The first-order valence-electron chi connectivity index (χ1n) is 4.78. The zero-order valence-corrected chi connectivity index (χ0v) is 8.83. The molecule has 0 aromatic carbocycles. The molecule has 15 heavy (non-hydrogen) atoms. The van der Waals surface area contributed by atoms with Crippen LogP contribution in [0.2, 0.25) is 0 Å². The number of hydrogen-bond donors (Lipinski definition) is 0. The lowest BCUT2D eigenvalue weighted by atomic mass is 9.92. The van der Waals surface area contributed by atoms with Crippen molar-refractivity contribution < 1.29 is 23.1 Å². The highest BCUT2D eigenvalue weighted by Crippen LogP contribution is 2.33. The number of ether oxygens (including phenoxy) is 1. The number of carbonyl (C=O) groups excluding carboxylic acids is 1. The lowest BCUT2D eigenvalue weighted by molar-refractivity contribution is -0.205. The summed E-state index contributed by atoms with van der Waals surface area (Å²) in [5, 5.41) is 0.565. The van der Waals surface area contributed by atoms with Gasteiger partial charge in [-0.25, -0.2) is 5.06 Å². The SMILES string of the molecule is CON(C)C(=O)C(F)(F)C1CCOCC1. The number of halogens is 2. The first-order valence-corrected chi connectivity index (χ1v) is 4.78. The van der Waals surface area contributed by atoms with E-state index in [-0.39, 0.29) is 26.1 Å². The van der Waals surface area contributed by atoms with Crippen molar-refractivity contribution in [1.82, 2.24) is 5.06 Å². The minimum absolute atomic E-state index is 0.205. The molecule has 0 aliphatic carbocycles. The van der Waals surface area contributed by atoms with Crippen LogP contribution in [-0.4, -0.2) is 44.3 Å². The van der Waals surface area contributed by atoms with Gasteiger partial charge in [0.05, 0.1) is 7.11 Å². The molecule has 0 atom stereocenters. The van der Waals surface area contributed by atoms with E-state index >= 15 is 0 Å². The van der Waals surface area contributed by atoms with Crippen LogP contribution in [0.3, 0.4) is 0 Å². The Bertz CT molecular complexity index is 229. The van der Waals surface area contributed by atoms with Gasteiger partial charge >= 0.3 is 11.8 Å². The molecule has 1 heterocycles. The van der Waals surface area contributed by atoms with Crippen molar-refractivity contribution in [2.24, 2.45) is 5.92 Å². The Kier molecular flexibility index (Phi) is 3.98. The normalized spacial score (nSPS) is 18.9. The molecule has 1 fully saturated rings. The van der Waals surface area contributed by atoms with E-state index in [1.807, 2.05) is 0 Å². The van der Waals surface area contributed by atoms with Crippen molar-refractivity contribution in [3.8, 4) is 0 Å². The molecule has 0 bridgehead atoms. The third-order valence-electron chi connectivity index (χ3n) is 2.58. The molecule has 88 valence electrons. The zero-order valence-electron chi connectivity index (χ0n) is 8.83. The second kappa shape index (κ2) is 4.85. The zero-order chi connectivity index (χ0) is 11.5. The fraction of sp³-hybridized carbons (Fsp3) is 0.889. The molecular weight excluding hydrogens is 208 g/mol. The summed E-state index contributed by atoms with van der Waals surface area (Å²) in [6.45, 7) is 0.564. The fourth-order valence-corrected chi connectivity index (χ4v) is 1.53. The van der Waals surface area contributed by atoms with Gasteiger partial charge < -0.3 is 4.74 Å². The van der Waals surface area contributed by atoms with Crippen LogP contribution in [0.5, 0.6) is 0 Å². The van der Waals surface area contributed by atoms with Gasteiger partial charge in [0.15, 0.2) is 0 Å². The summed E-state index contributed by atoms with van der Waals surface area (Å²) in [4.78, 5) is 15.8. The minimum Gasteiger partial charge on any atom is -0.381 e. The highest BCUT2D eigenvalue weighted by atomic mass is 19.3. The van der Waals surface area contributed by atoms with Crippen LogP contribution in [0.25, 0.3) is 0 Å². The number of alkyl halides is 2. The maximum absolute atomic E-state index is 13.6. The molecule has 1 saturated heterocycles. The molecule has 1 rings (SSSR count). The minimum atomic E-state index is -3.37. The van der Waals surface area contributed by atoms with Gasteiger partial charge in [0.25, 0.3) is 0 Å². The van der Waals surface area contributed by atoms with Gasteiger partial charge in [0, 0.05) is 26.2 Å². The Hall–Kier alpha value is -0.750. The topological polar surface area (TPSA) is 38.8 Å². The Labute approximate surface area is 87.1 Å². The number of amides is 1. The van der Waals surface area contributed by atoms with Gasteiger partial charge in [-0.2, -0.15) is 8.78 Å². The lowest BCUT2D eigenvalue weighted by Gasteiger charge is -2.30. The van der Waals surface area contributed by atoms with Crippen LogP contribution >= 0.6 is 0 Å². The Balaban J connectivity index is 2.66. The monoisotopic (exact) mass is 223 g/mol. The quantitative estimate of drug-likeness (QED) is 0.672. The number of hydroxylamine groups is 2. The molecule has 1 aliphatic heterocycles. The van der Waals surface area contributed by atoms with Crippen molar-refractivity contribution >= 4 is 5.91 Å². The van der Waals surface area contributed by atoms with Gasteiger partial charge in [-0.3, -0.25) is 9.63 Å². The molecule has 0 aromatic heterocycles. The van der Waals surface area contributed by atoms with E-state index in [2.05, 4.69) is 4.84 Å². The van der Waals surface area contributed by atoms with E-state index in [0.29, 0.717) is 5.06 Å². The largest absolute Gasteiger partial charge is 0.381 e. The van der Waals surface area contributed by atoms with Crippen LogP contribution in [-0.2, 0) is 14.4 Å². The van der Waals surface area contributed by atoms with Crippen molar-refractivity contribution in [3.63, 3.8) is 0 Å². The first kappa shape index (κ1) is 12.3. The van der Waals surface area contributed by atoms with Crippen LogP contribution in [0.15, 0.2) is 0 Å². The smallest absolute Gasteiger partial charge is 0.329 e. The predicted octanol–water partition coefficient (Wildman–Crippen LogP) is 1.07. The molecular formula is C9H15F2NO3. The van der Waals surface area contributed by atoms with E-state index in [1.165, 1.54) is 14.2 Å². The molecule has 4 nitrogen and oxygen atoms in total. The van der Waals surface area contributed by atoms with E-state index < -0.39 is 17.7 Å².